The van der Waals surface area contributed by atoms with Crippen LogP contribution < -0.4 is 0 Å². The summed E-state index contributed by atoms with van der Waals surface area (Å²) in [6.07, 6.45) is 29.6. The molecule has 0 saturated carbocycles. The lowest BCUT2D eigenvalue weighted by Crippen LogP contribution is -2.09. The van der Waals surface area contributed by atoms with Crippen molar-refractivity contribution in [2.75, 3.05) is 13.2 Å². The van der Waals surface area contributed by atoms with Crippen LogP contribution in [0.4, 0.5) is 0 Å². The molecule has 0 fully saturated rings. The Morgan fingerprint density at radius 2 is 0.629 bits per heavy atom. The number of rotatable bonds is 28. The molecule has 0 saturated heterocycles. The van der Waals surface area contributed by atoms with Gasteiger partial charge in [-0.15, -0.1) is 0 Å². The van der Waals surface area contributed by atoms with Crippen molar-refractivity contribution in [2.24, 2.45) is 0 Å². The molecule has 0 aromatic carbocycles. The second-order valence-corrected chi connectivity index (χ2v) is 10.4. The van der Waals surface area contributed by atoms with E-state index in [0.717, 1.165) is 25.7 Å². The molecule has 0 spiro atoms. The predicted octanol–water partition coefficient (Wildman–Crippen LogP) is 9.87. The van der Waals surface area contributed by atoms with Crippen LogP contribution in [-0.4, -0.2) is 25.2 Å². The molecule has 35 heavy (non-hydrogen) atoms. The zero-order valence-electron chi connectivity index (χ0n) is 23.7. The average Bonchev–Trinajstić information content (AvgIpc) is 2.85. The van der Waals surface area contributed by atoms with Gasteiger partial charge < -0.3 is 9.47 Å². The van der Waals surface area contributed by atoms with Crippen molar-refractivity contribution in [1.29, 1.82) is 0 Å². The minimum Gasteiger partial charge on any atom is -0.466 e. The van der Waals surface area contributed by atoms with Gasteiger partial charge in [0.1, 0.15) is 0 Å². The molecule has 0 heterocycles. The molecule has 0 aliphatic rings. The third-order valence-electron chi connectivity index (χ3n) is 6.78. The number of unbranched alkanes of at least 4 members (excludes halogenated alkanes) is 20. The highest BCUT2D eigenvalue weighted by atomic mass is 16.5. The molecule has 0 rings (SSSR count). The van der Waals surface area contributed by atoms with E-state index in [9.17, 15) is 9.59 Å². The summed E-state index contributed by atoms with van der Waals surface area (Å²) >= 11 is 0. The lowest BCUT2D eigenvalue weighted by atomic mass is 10.0. The van der Waals surface area contributed by atoms with E-state index in [1.165, 1.54) is 116 Å². The van der Waals surface area contributed by atoms with E-state index in [-0.39, 0.29) is 11.9 Å². The summed E-state index contributed by atoms with van der Waals surface area (Å²) in [7, 11) is 0. The zero-order chi connectivity index (χ0) is 25.7. The topological polar surface area (TPSA) is 52.6 Å². The molecule has 208 valence electrons. The fourth-order valence-electron chi connectivity index (χ4n) is 4.43. The van der Waals surface area contributed by atoms with Gasteiger partial charge in [-0.05, 0) is 19.3 Å². The molecule has 0 amide bonds. The van der Waals surface area contributed by atoms with E-state index in [2.05, 4.69) is 13.8 Å². The van der Waals surface area contributed by atoms with Crippen molar-refractivity contribution >= 4 is 11.9 Å². The fourth-order valence-corrected chi connectivity index (χ4v) is 4.43. The second-order valence-electron chi connectivity index (χ2n) is 10.4. The minimum absolute atomic E-state index is 0.185. The Morgan fingerprint density at radius 3 is 0.914 bits per heavy atom. The van der Waals surface area contributed by atoms with Crippen molar-refractivity contribution in [3.63, 3.8) is 0 Å². The summed E-state index contributed by atoms with van der Waals surface area (Å²) < 4.78 is 10.6. The highest BCUT2D eigenvalue weighted by molar-refractivity contribution is 5.72. The first kappa shape index (κ1) is 33.9. The van der Waals surface area contributed by atoms with Crippen LogP contribution in [0, 0.1) is 0 Å². The third-order valence-corrected chi connectivity index (χ3v) is 6.78. The van der Waals surface area contributed by atoms with E-state index in [4.69, 9.17) is 9.47 Å². The standard InChI is InChI=1S/C31H60O4/c1-3-5-7-9-11-12-13-14-15-16-17-18-20-22-24-29-35-31(33)27-25-26-30(32)34-28-23-21-19-10-8-6-4-2/h3-29H2,1-2H3. The van der Waals surface area contributed by atoms with Crippen molar-refractivity contribution in [1.82, 2.24) is 0 Å². The summed E-state index contributed by atoms with van der Waals surface area (Å²) in [5, 5.41) is 0. The second kappa shape index (κ2) is 29.2. The van der Waals surface area contributed by atoms with Gasteiger partial charge in [0.15, 0.2) is 0 Å². The van der Waals surface area contributed by atoms with Crippen LogP contribution in [-0.2, 0) is 19.1 Å². The van der Waals surface area contributed by atoms with Gasteiger partial charge in [0, 0.05) is 12.8 Å². The van der Waals surface area contributed by atoms with Gasteiger partial charge >= 0.3 is 11.9 Å². The summed E-state index contributed by atoms with van der Waals surface area (Å²) in [6.45, 7) is 5.52. The molecule has 0 aromatic heterocycles. The Morgan fingerprint density at radius 1 is 0.371 bits per heavy atom. The van der Waals surface area contributed by atoms with Crippen LogP contribution in [0.25, 0.3) is 0 Å². The normalized spacial score (nSPS) is 11.0. The Balaban J connectivity index is 3.26. The lowest BCUT2D eigenvalue weighted by Gasteiger charge is -2.06. The largest absolute Gasteiger partial charge is 0.466 e. The molecule has 0 N–H and O–H groups in total. The Kier molecular flexibility index (Phi) is 28.3. The minimum atomic E-state index is -0.189. The number of hydrogen-bond donors (Lipinski definition) is 0. The summed E-state index contributed by atoms with van der Waals surface area (Å²) in [4.78, 5) is 23.5. The maximum absolute atomic E-state index is 11.8. The van der Waals surface area contributed by atoms with Gasteiger partial charge in [0.2, 0.25) is 0 Å². The first-order valence-electron chi connectivity index (χ1n) is 15.5. The number of carbonyl (C=O) groups excluding carboxylic acids is 2. The van der Waals surface area contributed by atoms with Gasteiger partial charge in [-0.2, -0.15) is 0 Å². The monoisotopic (exact) mass is 496 g/mol. The number of ether oxygens (including phenoxy) is 2. The van der Waals surface area contributed by atoms with Crippen molar-refractivity contribution in [3.8, 4) is 0 Å². The van der Waals surface area contributed by atoms with Crippen LogP contribution >= 0.6 is 0 Å². The molecular formula is C31H60O4. The van der Waals surface area contributed by atoms with Crippen molar-refractivity contribution in [3.05, 3.63) is 0 Å². The average molecular weight is 497 g/mol. The predicted molar refractivity (Wildman–Crippen MR) is 149 cm³/mol. The molecule has 0 bridgehead atoms. The Bertz CT molecular complexity index is 449. The highest BCUT2D eigenvalue weighted by Gasteiger charge is 2.07. The molecule has 0 unspecified atom stereocenters. The maximum atomic E-state index is 11.8. The zero-order valence-corrected chi connectivity index (χ0v) is 23.7. The Hall–Kier alpha value is -1.06. The van der Waals surface area contributed by atoms with Crippen LogP contribution in [0.15, 0.2) is 0 Å². The number of esters is 2. The van der Waals surface area contributed by atoms with E-state index >= 15 is 0 Å². The summed E-state index contributed by atoms with van der Waals surface area (Å²) in [5.74, 6) is -0.374. The van der Waals surface area contributed by atoms with Gasteiger partial charge in [-0.3, -0.25) is 9.59 Å². The molecule has 4 heteroatoms. The van der Waals surface area contributed by atoms with Crippen molar-refractivity contribution in [2.45, 2.75) is 174 Å². The van der Waals surface area contributed by atoms with E-state index in [1.54, 1.807) is 0 Å². The SMILES string of the molecule is CCCCCCCCCCCCCCCCCOC(=O)CCCC(=O)OCCCCCCCCC. The van der Waals surface area contributed by atoms with E-state index in [1.807, 2.05) is 0 Å². The van der Waals surface area contributed by atoms with Gasteiger partial charge in [0.05, 0.1) is 13.2 Å². The molecule has 0 aliphatic heterocycles. The molecule has 0 radical (unpaired) electrons. The van der Waals surface area contributed by atoms with Crippen LogP contribution in [0.3, 0.4) is 0 Å². The third kappa shape index (κ3) is 29.1. The molecule has 0 aromatic rings. The number of hydrogen-bond acceptors (Lipinski definition) is 4. The van der Waals surface area contributed by atoms with Crippen LogP contribution in [0.1, 0.15) is 174 Å². The maximum Gasteiger partial charge on any atom is 0.305 e. The van der Waals surface area contributed by atoms with Gasteiger partial charge in [-0.25, -0.2) is 0 Å². The first-order chi connectivity index (χ1) is 17.2. The summed E-state index contributed by atoms with van der Waals surface area (Å²) in [5.41, 5.74) is 0. The fraction of sp³-hybridized carbons (Fsp3) is 0.935. The first-order valence-corrected chi connectivity index (χ1v) is 15.5. The van der Waals surface area contributed by atoms with Crippen LogP contribution in [0.2, 0.25) is 0 Å². The molecular weight excluding hydrogens is 436 g/mol. The smallest absolute Gasteiger partial charge is 0.305 e. The lowest BCUT2D eigenvalue weighted by molar-refractivity contribution is -0.145. The quantitative estimate of drug-likeness (QED) is 0.0798. The molecule has 0 atom stereocenters. The van der Waals surface area contributed by atoms with Gasteiger partial charge in [0.25, 0.3) is 0 Å². The summed E-state index contributed by atoms with van der Waals surface area (Å²) in [6, 6.07) is 0. The highest BCUT2D eigenvalue weighted by Crippen LogP contribution is 2.13. The number of carbonyl (C=O) groups is 2. The van der Waals surface area contributed by atoms with E-state index in [0.29, 0.717) is 32.5 Å². The molecule has 0 aliphatic carbocycles. The van der Waals surface area contributed by atoms with Gasteiger partial charge in [-0.1, -0.05) is 142 Å². The Labute approximate surface area is 218 Å². The van der Waals surface area contributed by atoms with Crippen LogP contribution in [0.5, 0.6) is 0 Å². The van der Waals surface area contributed by atoms with Crippen molar-refractivity contribution < 1.29 is 19.1 Å². The van der Waals surface area contributed by atoms with E-state index < -0.39 is 0 Å². The molecule has 4 nitrogen and oxygen atoms in total.